The predicted molar refractivity (Wildman–Crippen MR) is 131 cm³/mol. The number of nitrogens with one attached hydrogen (secondary N) is 1. The number of aryl methyl sites for hydroxylation is 3. The number of fused-ring (bicyclic) bond motifs is 1. The summed E-state index contributed by atoms with van der Waals surface area (Å²) in [5.41, 5.74) is 2.29. The molecule has 1 amide bonds. The van der Waals surface area contributed by atoms with Crippen LogP contribution in [0.2, 0.25) is 0 Å². The lowest BCUT2D eigenvalue weighted by molar-refractivity contribution is -0.113. The third-order valence-electron chi connectivity index (χ3n) is 5.21. The van der Waals surface area contributed by atoms with Crippen molar-refractivity contribution in [1.82, 2.24) is 19.1 Å². The molecule has 0 saturated carbocycles. The van der Waals surface area contributed by atoms with Gasteiger partial charge < -0.3 is 5.32 Å². The molecule has 10 heteroatoms. The highest BCUT2D eigenvalue weighted by Gasteiger charge is 2.19. The molecule has 0 aliphatic heterocycles. The molecule has 2 aromatic carbocycles. The number of carbonyl (C=O) groups is 1. The Kier molecular flexibility index (Phi) is 6.34. The highest BCUT2D eigenvalue weighted by Crippen LogP contribution is 2.26. The topological polar surface area (TPSA) is 98.9 Å². The van der Waals surface area contributed by atoms with E-state index in [1.165, 1.54) is 42.9 Å². The molecule has 0 aliphatic rings. The fraction of sp³-hybridized carbons (Fsp3) is 0.208. The maximum atomic E-state index is 13.4. The van der Waals surface area contributed by atoms with Crippen molar-refractivity contribution in [3.8, 4) is 11.4 Å². The Labute approximate surface area is 198 Å². The van der Waals surface area contributed by atoms with Gasteiger partial charge in [0.25, 0.3) is 5.56 Å². The minimum atomic E-state index is -0.555. The smallest absolute Gasteiger partial charge is 0.325 e. The summed E-state index contributed by atoms with van der Waals surface area (Å²) in [7, 11) is 2.88. The van der Waals surface area contributed by atoms with Gasteiger partial charge in [-0.15, -0.1) is 0 Å². The first kappa shape index (κ1) is 23.4. The lowest BCUT2D eigenvalue weighted by atomic mass is 10.1. The normalized spacial score (nSPS) is 11.1. The average Bonchev–Trinajstić information content (AvgIpc) is 2.79. The number of carbonyl (C=O) groups excluding carboxylic acids is 1. The summed E-state index contributed by atoms with van der Waals surface area (Å²) in [6, 6.07) is 11.3. The van der Waals surface area contributed by atoms with Crippen LogP contribution in [-0.2, 0) is 18.9 Å². The summed E-state index contributed by atoms with van der Waals surface area (Å²) < 4.78 is 15.6. The van der Waals surface area contributed by atoms with Gasteiger partial charge in [-0.25, -0.2) is 19.2 Å². The molecule has 0 fully saturated rings. The number of halogens is 1. The highest BCUT2D eigenvalue weighted by atomic mass is 32.2. The van der Waals surface area contributed by atoms with Crippen LogP contribution in [0, 0.1) is 19.7 Å². The van der Waals surface area contributed by atoms with E-state index in [1.807, 2.05) is 32.0 Å². The highest BCUT2D eigenvalue weighted by molar-refractivity contribution is 8.00. The Morgan fingerprint density at radius 1 is 1.00 bits per heavy atom. The van der Waals surface area contributed by atoms with Gasteiger partial charge in [-0.2, -0.15) is 0 Å². The van der Waals surface area contributed by atoms with Crippen LogP contribution in [0.15, 0.2) is 57.1 Å². The molecule has 0 aliphatic carbocycles. The van der Waals surface area contributed by atoms with Gasteiger partial charge >= 0.3 is 5.69 Å². The number of amides is 1. The van der Waals surface area contributed by atoms with Gasteiger partial charge in [0.15, 0.2) is 11.5 Å². The molecule has 0 saturated heterocycles. The van der Waals surface area contributed by atoms with Crippen molar-refractivity contribution in [2.45, 2.75) is 18.9 Å². The lowest BCUT2D eigenvalue weighted by Crippen LogP contribution is -2.37. The fourth-order valence-electron chi connectivity index (χ4n) is 3.64. The molecule has 34 heavy (non-hydrogen) atoms. The van der Waals surface area contributed by atoms with Gasteiger partial charge in [-0.3, -0.25) is 18.7 Å². The Morgan fingerprint density at radius 2 is 1.65 bits per heavy atom. The molecule has 0 radical (unpaired) electrons. The Bertz CT molecular complexity index is 1520. The number of hydrogen-bond donors (Lipinski definition) is 1. The molecule has 4 aromatic rings. The van der Waals surface area contributed by atoms with E-state index in [1.54, 1.807) is 0 Å². The van der Waals surface area contributed by atoms with Crippen molar-refractivity contribution in [3.63, 3.8) is 0 Å². The van der Waals surface area contributed by atoms with E-state index in [-0.39, 0.29) is 33.5 Å². The molecular formula is C24H22FN5O3S. The molecule has 174 valence electrons. The first-order chi connectivity index (χ1) is 16.1. The Hall–Kier alpha value is -3.79. The number of rotatable bonds is 5. The minimum absolute atomic E-state index is 0.0199. The summed E-state index contributed by atoms with van der Waals surface area (Å²) in [6.45, 7) is 3.89. The van der Waals surface area contributed by atoms with Crippen molar-refractivity contribution in [2.75, 3.05) is 11.1 Å². The predicted octanol–water partition coefficient (Wildman–Crippen LogP) is 3.18. The quantitative estimate of drug-likeness (QED) is 0.349. The Balaban J connectivity index is 1.75. The van der Waals surface area contributed by atoms with E-state index in [4.69, 9.17) is 0 Å². The summed E-state index contributed by atoms with van der Waals surface area (Å²) >= 11 is 1.07. The van der Waals surface area contributed by atoms with Crippen LogP contribution in [0.3, 0.4) is 0 Å². The fourth-order valence-corrected chi connectivity index (χ4v) is 4.45. The van der Waals surface area contributed by atoms with E-state index in [0.29, 0.717) is 11.3 Å². The molecule has 4 rings (SSSR count). The van der Waals surface area contributed by atoms with Crippen LogP contribution in [-0.4, -0.2) is 30.8 Å². The van der Waals surface area contributed by atoms with Crippen molar-refractivity contribution in [3.05, 3.63) is 80.2 Å². The van der Waals surface area contributed by atoms with Gasteiger partial charge in [0.05, 0.1) is 5.75 Å². The van der Waals surface area contributed by atoms with Crippen molar-refractivity contribution < 1.29 is 9.18 Å². The third kappa shape index (κ3) is 4.62. The van der Waals surface area contributed by atoms with Gasteiger partial charge in [-0.1, -0.05) is 17.8 Å². The zero-order chi connectivity index (χ0) is 24.6. The van der Waals surface area contributed by atoms with Crippen LogP contribution >= 0.6 is 11.8 Å². The van der Waals surface area contributed by atoms with Gasteiger partial charge in [0.1, 0.15) is 16.2 Å². The number of hydrogen-bond acceptors (Lipinski definition) is 6. The number of nitrogens with zero attached hydrogens (tertiary/aromatic N) is 4. The van der Waals surface area contributed by atoms with Crippen LogP contribution in [0.25, 0.3) is 22.4 Å². The van der Waals surface area contributed by atoms with Gasteiger partial charge in [0, 0.05) is 25.3 Å². The maximum absolute atomic E-state index is 13.4. The first-order valence-electron chi connectivity index (χ1n) is 10.4. The minimum Gasteiger partial charge on any atom is -0.325 e. The summed E-state index contributed by atoms with van der Waals surface area (Å²) in [6.07, 6.45) is 0. The summed E-state index contributed by atoms with van der Waals surface area (Å²) in [5, 5.41) is 3.26. The van der Waals surface area contributed by atoms with E-state index in [0.717, 1.165) is 27.5 Å². The third-order valence-corrected chi connectivity index (χ3v) is 6.19. The van der Waals surface area contributed by atoms with Crippen LogP contribution in [0.4, 0.5) is 10.1 Å². The number of anilines is 1. The summed E-state index contributed by atoms with van der Waals surface area (Å²) in [4.78, 5) is 47.0. The largest absolute Gasteiger partial charge is 0.332 e. The number of thioether (sulfide) groups is 1. The van der Waals surface area contributed by atoms with Gasteiger partial charge in [-0.05, 0) is 61.4 Å². The molecule has 2 aromatic heterocycles. The molecule has 0 bridgehead atoms. The lowest BCUT2D eigenvalue weighted by Gasteiger charge is -2.12. The number of benzene rings is 2. The SMILES string of the molecule is Cc1cc(C)cc(NC(=O)CSc2nc(-c3ccc(F)cc3)nc3c2c(=O)n(C)c(=O)n3C)c1. The van der Waals surface area contributed by atoms with Crippen molar-refractivity contribution in [2.24, 2.45) is 14.1 Å². The second kappa shape index (κ2) is 9.22. The zero-order valence-corrected chi connectivity index (χ0v) is 19.9. The summed E-state index contributed by atoms with van der Waals surface area (Å²) in [5.74, 6) is -0.489. The molecule has 1 N–H and O–H groups in total. The standard InChI is InChI=1S/C24H22FN5O3S/c1-13-9-14(2)11-17(10-13)26-18(31)12-34-22-19-21(29(3)24(33)30(4)23(19)32)27-20(28-22)15-5-7-16(25)8-6-15/h5-11H,12H2,1-4H3,(H,26,31). The zero-order valence-electron chi connectivity index (χ0n) is 19.0. The number of aromatic nitrogens is 4. The molecule has 0 spiro atoms. The van der Waals surface area contributed by atoms with Crippen molar-refractivity contribution in [1.29, 1.82) is 0 Å². The van der Waals surface area contributed by atoms with Crippen LogP contribution in [0.5, 0.6) is 0 Å². The monoisotopic (exact) mass is 479 g/mol. The van der Waals surface area contributed by atoms with Crippen LogP contribution < -0.4 is 16.6 Å². The molecule has 0 unspecified atom stereocenters. The van der Waals surface area contributed by atoms with E-state index >= 15 is 0 Å². The van der Waals surface area contributed by atoms with Crippen molar-refractivity contribution >= 4 is 34.4 Å². The Morgan fingerprint density at radius 3 is 2.29 bits per heavy atom. The molecule has 2 heterocycles. The molecule has 0 atom stereocenters. The molecular weight excluding hydrogens is 457 g/mol. The maximum Gasteiger partial charge on any atom is 0.332 e. The van der Waals surface area contributed by atoms with Crippen LogP contribution in [0.1, 0.15) is 11.1 Å². The van der Waals surface area contributed by atoms with E-state index in [2.05, 4.69) is 15.3 Å². The van der Waals surface area contributed by atoms with E-state index in [9.17, 15) is 18.8 Å². The second-order valence-electron chi connectivity index (χ2n) is 7.98. The second-order valence-corrected chi connectivity index (χ2v) is 8.94. The van der Waals surface area contributed by atoms with Gasteiger partial charge in [0.2, 0.25) is 5.91 Å². The average molecular weight is 480 g/mol. The first-order valence-corrected chi connectivity index (χ1v) is 11.4. The molecule has 8 nitrogen and oxygen atoms in total. The van der Waals surface area contributed by atoms with E-state index < -0.39 is 17.1 Å².